The molecule has 0 spiro atoms. The van der Waals surface area contributed by atoms with Crippen LogP contribution in [-0.2, 0) is 4.79 Å². The van der Waals surface area contributed by atoms with E-state index in [0.29, 0.717) is 22.4 Å². The molecule has 4 aromatic rings. The van der Waals surface area contributed by atoms with Gasteiger partial charge in [0.15, 0.2) is 5.82 Å². The van der Waals surface area contributed by atoms with Gasteiger partial charge >= 0.3 is 0 Å². The number of carbonyl (C=O) groups is 1. The first-order valence-electron chi connectivity index (χ1n) is 10.3. The third-order valence-electron chi connectivity index (χ3n) is 5.32. The summed E-state index contributed by atoms with van der Waals surface area (Å²) in [6.07, 6.45) is 0. The first kappa shape index (κ1) is 21.0. The van der Waals surface area contributed by atoms with Crippen LogP contribution >= 0.6 is 11.8 Å². The molecular weight excluding hydrogens is 441 g/mol. The van der Waals surface area contributed by atoms with Crippen molar-refractivity contribution < 1.29 is 13.9 Å². The minimum Gasteiger partial charge on any atom is -0.495 e. The van der Waals surface area contributed by atoms with Crippen LogP contribution in [0.4, 0.5) is 10.1 Å². The van der Waals surface area contributed by atoms with Crippen molar-refractivity contribution in [2.24, 2.45) is 0 Å². The molecule has 0 saturated heterocycles. The second-order valence-corrected chi connectivity index (χ2v) is 8.50. The third-order valence-corrected chi connectivity index (χ3v) is 6.54. The van der Waals surface area contributed by atoms with Crippen LogP contribution in [0.25, 0.3) is 11.4 Å². The zero-order valence-corrected chi connectivity index (χ0v) is 18.4. The van der Waals surface area contributed by atoms with Crippen molar-refractivity contribution in [1.29, 1.82) is 0 Å². The molecule has 3 aromatic carbocycles. The second-order valence-electron chi connectivity index (χ2n) is 7.39. The van der Waals surface area contributed by atoms with Gasteiger partial charge in [0.2, 0.25) is 11.1 Å². The van der Waals surface area contributed by atoms with Crippen LogP contribution in [-0.4, -0.2) is 33.1 Å². The lowest BCUT2D eigenvalue weighted by Gasteiger charge is -2.33. The van der Waals surface area contributed by atoms with Crippen molar-refractivity contribution in [1.82, 2.24) is 14.9 Å². The van der Waals surface area contributed by atoms with Gasteiger partial charge in [0.1, 0.15) is 16.8 Å². The second kappa shape index (κ2) is 8.95. The number of anilines is 1. The van der Waals surface area contributed by atoms with Gasteiger partial charge in [-0.2, -0.15) is 0 Å². The van der Waals surface area contributed by atoms with E-state index in [1.807, 2.05) is 42.5 Å². The standard InChI is InChI=1S/C24H20FN5O2S/c1-32-19-10-6-5-9-18(19)26-23(31)21-20(15-11-13-17(25)14-12-15)29-30-22(27-28-24(30)33-21)16-7-3-2-4-8-16/h2-14,20-21,29H,1H3,(H,26,31). The fourth-order valence-electron chi connectivity index (χ4n) is 3.70. The van der Waals surface area contributed by atoms with Crippen molar-refractivity contribution in [2.75, 3.05) is 17.9 Å². The summed E-state index contributed by atoms with van der Waals surface area (Å²) in [4.78, 5) is 13.4. The van der Waals surface area contributed by atoms with Crippen molar-refractivity contribution in [3.05, 3.63) is 90.2 Å². The first-order chi connectivity index (χ1) is 16.1. The predicted octanol–water partition coefficient (Wildman–Crippen LogP) is 4.49. The number of aromatic nitrogens is 3. The molecular formula is C24H20FN5O2S. The van der Waals surface area contributed by atoms with Gasteiger partial charge in [0, 0.05) is 5.56 Å². The Morgan fingerprint density at radius 2 is 1.76 bits per heavy atom. The number of methoxy groups -OCH3 is 1. The average Bonchev–Trinajstić information content (AvgIpc) is 3.27. The minimum atomic E-state index is -0.597. The van der Waals surface area contributed by atoms with E-state index in [0.717, 1.165) is 11.1 Å². The molecule has 0 bridgehead atoms. The number of rotatable bonds is 5. The molecule has 1 aromatic heterocycles. The highest BCUT2D eigenvalue weighted by Crippen LogP contribution is 2.39. The summed E-state index contributed by atoms with van der Waals surface area (Å²) < 4.78 is 20.8. The van der Waals surface area contributed by atoms with Crippen LogP contribution < -0.4 is 15.5 Å². The number of nitrogens with one attached hydrogen (secondary N) is 2. The van der Waals surface area contributed by atoms with Crippen molar-refractivity contribution in [3.63, 3.8) is 0 Å². The Labute approximate surface area is 194 Å². The van der Waals surface area contributed by atoms with Crippen LogP contribution in [0.2, 0.25) is 0 Å². The Balaban J connectivity index is 1.52. The largest absolute Gasteiger partial charge is 0.495 e. The fraction of sp³-hybridized carbons (Fsp3) is 0.125. The maximum Gasteiger partial charge on any atom is 0.240 e. The van der Waals surface area contributed by atoms with Crippen molar-refractivity contribution >= 4 is 23.4 Å². The highest BCUT2D eigenvalue weighted by molar-refractivity contribution is 8.00. The van der Waals surface area contributed by atoms with E-state index in [1.165, 1.54) is 23.9 Å². The zero-order chi connectivity index (χ0) is 22.8. The van der Waals surface area contributed by atoms with Gasteiger partial charge in [0.25, 0.3) is 0 Å². The molecule has 0 fully saturated rings. The summed E-state index contributed by atoms with van der Waals surface area (Å²) in [5, 5.41) is 11.6. The molecule has 0 radical (unpaired) electrons. The van der Waals surface area contributed by atoms with Crippen LogP contribution in [0.3, 0.4) is 0 Å². The lowest BCUT2D eigenvalue weighted by Crippen LogP contribution is -2.41. The molecule has 1 aliphatic rings. The van der Waals surface area contributed by atoms with Gasteiger partial charge in [-0.25, -0.2) is 9.07 Å². The normalized spacial score (nSPS) is 17.0. The number of carbonyl (C=O) groups excluding carboxylic acids is 1. The van der Waals surface area contributed by atoms with E-state index in [1.54, 1.807) is 36.1 Å². The van der Waals surface area contributed by atoms with Gasteiger partial charge < -0.3 is 15.5 Å². The Morgan fingerprint density at radius 1 is 1.03 bits per heavy atom. The van der Waals surface area contributed by atoms with E-state index < -0.39 is 11.3 Å². The summed E-state index contributed by atoms with van der Waals surface area (Å²) in [5.41, 5.74) is 5.61. The van der Waals surface area contributed by atoms with E-state index >= 15 is 0 Å². The molecule has 166 valence electrons. The summed E-state index contributed by atoms with van der Waals surface area (Å²) in [6, 6.07) is 22.5. The number of thioether (sulfide) groups is 1. The minimum absolute atomic E-state index is 0.234. The average molecular weight is 462 g/mol. The van der Waals surface area contributed by atoms with Gasteiger partial charge in [-0.15, -0.1) is 10.2 Å². The predicted molar refractivity (Wildman–Crippen MR) is 125 cm³/mol. The molecule has 2 atom stereocenters. The van der Waals surface area contributed by atoms with Crippen LogP contribution in [0.5, 0.6) is 5.75 Å². The van der Waals surface area contributed by atoms with E-state index in [2.05, 4.69) is 20.9 Å². The van der Waals surface area contributed by atoms with Gasteiger partial charge in [0.05, 0.1) is 18.8 Å². The molecule has 2 N–H and O–H groups in total. The van der Waals surface area contributed by atoms with Crippen molar-refractivity contribution in [2.45, 2.75) is 16.4 Å². The number of nitrogens with zero attached hydrogens (tertiary/aromatic N) is 3. The number of halogens is 1. The van der Waals surface area contributed by atoms with E-state index in [9.17, 15) is 9.18 Å². The monoisotopic (exact) mass is 461 g/mol. The molecule has 2 heterocycles. The summed E-state index contributed by atoms with van der Waals surface area (Å²) in [7, 11) is 1.55. The molecule has 1 aliphatic heterocycles. The smallest absolute Gasteiger partial charge is 0.240 e. The topological polar surface area (TPSA) is 81.1 Å². The number of para-hydroxylation sites is 2. The number of fused-ring (bicyclic) bond motifs is 1. The first-order valence-corrected chi connectivity index (χ1v) is 11.2. The Morgan fingerprint density at radius 3 is 2.52 bits per heavy atom. The van der Waals surface area contributed by atoms with Gasteiger partial charge in [-0.05, 0) is 29.8 Å². The van der Waals surface area contributed by atoms with E-state index in [-0.39, 0.29) is 11.7 Å². The molecule has 0 saturated carbocycles. The van der Waals surface area contributed by atoms with Gasteiger partial charge in [-0.1, -0.05) is 66.4 Å². The van der Waals surface area contributed by atoms with Gasteiger partial charge in [-0.3, -0.25) is 4.79 Å². The fourth-order valence-corrected chi connectivity index (χ4v) is 4.78. The molecule has 9 heteroatoms. The summed E-state index contributed by atoms with van der Waals surface area (Å²) >= 11 is 1.30. The number of amides is 1. The van der Waals surface area contributed by atoms with E-state index in [4.69, 9.17) is 4.74 Å². The third kappa shape index (κ3) is 4.14. The number of hydrogen-bond acceptors (Lipinski definition) is 6. The molecule has 7 nitrogen and oxygen atoms in total. The van der Waals surface area contributed by atoms with Crippen LogP contribution in [0.1, 0.15) is 11.6 Å². The Bertz CT molecular complexity index is 1280. The maximum atomic E-state index is 13.6. The quantitative estimate of drug-likeness (QED) is 0.456. The molecule has 2 unspecified atom stereocenters. The summed E-state index contributed by atoms with van der Waals surface area (Å²) in [5.74, 6) is 0.621. The molecule has 33 heavy (non-hydrogen) atoms. The number of benzene rings is 3. The molecule has 1 amide bonds. The van der Waals surface area contributed by atoms with Crippen LogP contribution in [0, 0.1) is 5.82 Å². The number of hydrogen-bond donors (Lipinski definition) is 2. The lowest BCUT2D eigenvalue weighted by molar-refractivity contribution is -0.116. The number of ether oxygens (including phenoxy) is 1. The highest BCUT2D eigenvalue weighted by Gasteiger charge is 2.38. The Hall–Kier alpha value is -3.85. The maximum absolute atomic E-state index is 13.6. The zero-order valence-electron chi connectivity index (χ0n) is 17.6. The van der Waals surface area contributed by atoms with Crippen molar-refractivity contribution in [3.8, 4) is 17.1 Å². The SMILES string of the molecule is COc1ccccc1NC(=O)C1Sc2nnc(-c3ccccc3)n2NC1c1ccc(F)cc1. The lowest BCUT2D eigenvalue weighted by atomic mass is 10.0. The molecule has 5 rings (SSSR count). The summed E-state index contributed by atoms with van der Waals surface area (Å²) in [6.45, 7) is 0. The highest BCUT2D eigenvalue weighted by atomic mass is 32.2. The van der Waals surface area contributed by atoms with Crippen LogP contribution in [0.15, 0.2) is 84.0 Å². The Kier molecular flexibility index (Phi) is 5.70. The molecule has 0 aliphatic carbocycles.